The normalized spacial score (nSPS) is 10.7. The number of anilines is 1. The molecule has 0 fully saturated rings. The van der Waals surface area contributed by atoms with Gasteiger partial charge in [-0.05, 0) is 31.2 Å². The molecule has 1 aromatic carbocycles. The predicted molar refractivity (Wildman–Crippen MR) is 84.4 cm³/mol. The monoisotopic (exact) mass is 332 g/mol. The predicted octanol–water partition coefficient (Wildman–Crippen LogP) is 5.22. The number of hydrogen-bond donors (Lipinski definition) is 1. The van der Waals surface area contributed by atoms with Crippen LogP contribution in [0.3, 0.4) is 0 Å². The molecule has 2 N–H and O–H groups in total. The number of aryl methyl sites for hydroxylation is 1. The summed E-state index contributed by atoms with van der Waals surface area (Å²) in [5, 5.41) is 1.68. The van der Waals surface area contributed by atoms with Crippen molar-refractivity contribution in [3.8, 4) is 0 Å². The first-order valence-electron chi connectivity index (χ1n) is 5.46. The maximum atomic E-state index is 6.18. The Morgan fingerprint density at radius 3 is 2.53 bits per heavy atom. The summed E-state index contributed by atoms with van der Waals surface area (Å²) in [6.45, 7) is 1.85. The smallest absolute Gasteiger partial charge is 0.134 e. The van der Waals surface area contributed by atoms with E-state index in [9.17, 15) is 0 Å². The largest absolute Gasteiger partial charge is 0.399 e. The quantitative estimate of drug-likeness (QED) is 0.475. The van der Waals surface area contributed by atoms with Gasteiger partial charge in [-0.1, -0.05) is 34.8 Å². The first-order valence-corrected chi connectivity index (χ1v) is 7.58. The highest BCUT2D eigenvalue weighted by Crippen LogP contribution is 2.34. The lowest BCUT2D eigenvalue weighted by atomic mass is 10.3. The van der Waals surface area contributed by atoms with Gasteiger partial charge in [-0.25, -0.2) is 4.98 Å². The van der Waals surface area contributed by atoms with Crippen LogP contribution in [0.15, 0.2) is 29.2 Å². The van der Waals surface area contributed by atoms with E-state index < -0.39 is 0 Å². The van der Waals surface area contributed by atoms with E-state index in [0.29, 0.717) is 26.6 Å². The van der Waals surface area contributed by atoms with E-state index in [1.807, 2.05) is 19.1 Å². The molecule has 0 spiro atoms. The molecule has 100 valence electrons. The summed E-state index contributed by atoms with van der Waals surface area (Å²) in [4.78, 5) is 5.13. The number of rotatable bonds is 3. The Balaban J connectivity index is 2.19. The molecule has 0 radical (unpaired) electrons. The Morgan fingerprint density at radius 2 is 1.89 bits per heavy atom. The number of pyridine rings is 1. The second-order valence-corrected chi connectivity index (χ2v) is 6.18. The van der Waals surface area contributed by atoms with E-state index in [0.717, 1.165) is 16.2 Å². The Bertz CT molecular complexity index is 594. The first-order chi connectivity index (χ1) is 8.97. The van der Waals surface area contributed by atoms with Gasteiger partial charge >= 0.3 is 0 Å². The lowest BCUT2D eigenvalue weighted by Crippen LogP contribution is -1.92. The average molecular weight is 334 g/mol. The van der Waals surface area contributed by atoms with E-state index in [-0.39, 0.29) is 0 Å². The molecule has 0 saturated carbocycles. The van der Waals surface area contributed by atoms with Crippen molar-refractivity contribution in [2.45, 2.75) is 17.6 Å². The van der Waals surface area contributed by atoms with Gasteiger partial charge in [0, 0.05) is 32.6 Å². The van der Waals surface area contributed by atoms with Crippen molar-refractivity contribution >= 4 is 52.3 Å². The van der Waals surface area contributed by atoms with E-state index in [1.54, 1.807) is 23.9 Å². The third kappa shape index (κ3) is 3.69. The number of nitrogen functional groups attached to an aromatic ring is 1. The molecule has 0 aliphatic rings. The van der Waals surface area contributed by atoms with Crippen molar-refractivity contribution in [1.29, 1.82) is 0 Å². The molecule has 1 heterocycles. The number of halogens is 3. The molecule has 2 aromatic rings. The summed E-state index contributed by atoms with van der Waals surface area (Å²) in [5.41, 5.74) is 7.91. The molecular weight excluding hydrogens is 323 g/mol. The highest BCUT2D eigenvalue weighted by molar-refractivity contribution is 7.98. The van der Waals surface area contributed by atoms with Crippen LogP contribution in [0.2, 0.25) is 15.2 Å². The molecule has 0 aliphatic carbocycles. The molecule has 0 amide bonds. The van der Waals surface area contributed by atoms with E-state index in [2.05, 4.69) is 4.98 Å². The fourth-order valence-corrected chi connectivity index (χ4v) is 3.66. The van der Waals surface area contributed by atoms with Gasteiger partial charge < -0.3 is 5.73 Å². The number of nitrogens with two attached hydrogens (primary N) is 1. The standard InChI is InChI=1S/C13H11Cl3N2S/c1-7-4-10(14)9(13(16)18-7)6-19-12-3-2-8(17)5-11(12)15/h2-5H,6,17H2,1H3. The third-order valence-corrected chi connectivity index (χ3v) is 4.65. The zero-order valence-corrected chi connectivity index (χ0v) is 13.2. The van der Waals surface area contributed by atoms with Gasteiger partial charge in [0.2, 0.25) is 0 Å². The number of benzene rings is 1. The zero-order valence-electron chi connectivity index (χ0n) is 10.1. The molecule has 19 heavy (non-hydrogen) atoms. The fraction of sp³-hybridized carbons (Fsp3) is 0.154. The van der Waals surface area contributed by atoms with Crippen LogP contribution in [0.4, 0.5) is 5.69 Å². The molecule has 1 aromatic heterocycles. The summed E-state index contributed by atoms with van der Waals surface area (Å²) in [7, 11) is 0. The van der Waals surface area contributed by atoms with Crippen molar-refractivity contribution < 1.29 is 0 Å². The Kier molecular flexibility index (Phi) is 4.85. The molecule has 0 atom stereocenters. The summed E-state index contributed by atoms with van der Waals surface area (Å²) >= 11 is 19.9. The lowest BCUT2D eigenvalue weighted by Gasteiger charge is -2.08. The fourth-order valence-electron chi connectivity index (χ4n) is 1.54. The second kappa shape index (κ2) is 6.23. The van der Waals surface area contributed by atoms with Crippen LogP contribution >= 0.6 is 46.6 Å². The Morgan fingerprint density at radius 1 is 1.16 bits per heavy atom. The van der Waals surface area contributed by atoms with Gasteiger partial charge in [-0.2, -0.15) is 0 Å². The summed E-state index contributed by atoms with van der Waals surface area (Å²) < 4.78 is 0. The molecule has 0 unspecified atom stereocenters. The third-order valence-electron chi connectivity index (χ3n) is 2.48. The average Bonchev–Trinajstić information content (AvgIpc) is 2.30. The van der Waals surface area contributed by atoms with Crippen molar-refractivity contribution in [2.24, 2.45) is 0 Å². The first kappa shape index (κ1) is 14.8. The minimum Gasteiger partial charge on any atom is -0.399 e. The van der Waals surface area contributed by atoms with Crippen molar-refractivity contribution in [3.63, 3.8) is 0 Å². The van der Waals surface area contributed by atoms with Crippen LogP contribution in [0.5, 0.6) is 0 Å². The summed E-state index contributed by atoms with van der Waals surface area (Å²) in [5.74, 6) is 0.606. The van der Waals surface area contributed by atoms with Crippen LogP contribution in [0.1, 0.15) is 11.3 Å². The van der Waals surface area contributed by atoms with Gasteiger partial charge in [0.1, 0.15) is 5.15 Å². The van der Waals surface area contributed by atoms with E-state index in [1.165, 1.54) is 0 Å². The van der Waals surface area contributed by atoms with Crippen LogP contribution in [0.25, 0.3) is 0 Å². The molecule has 6 heteroatoms. The van der Waals surface area contributed by atoms with Crippen molar-refractivity contribution in [1.82, 2.24) is 4.98 Å². The molecule has 0 saturated heterocycles. The van der Waals surface area contributed by atoms with Gasteiger partial charge in [0.05, 0.1) is 5.02 Å². The number of nitrogens with zero attached hydrogens (tertiary/aromatic N) is 1. The lowest BCUT2D eigenvalue weighted by molar-refractivity contribution is 1.16. The summed E-state index contributed by atoms with van der Waals surface area (Å²) in [6.07, 6.45) is 0. The van der Waals surface area contributed by atoms with Gasteiger partial charge in [0.15, 0.2) is 0 Å². The zero-order chi connectivity index (χ0) is 14.0. The Hall–Kier alpha value is -0.610. The van der Waals surface area contributed by atoms with Crippen LogP contribution in [-0.4, -0.2) is 4.98 Å². The van der Waals surface area contributed by atoms with Crippen LogP contribution in [-0.2, 0) is 5.75 Å². The van der Waals surface area contributed by atoms with E-state index >= 15 is 0 Å². The minimum absolute atomic E-state index is 0.434. The van der Waals surface area contributed by atoms with Crippen molar-refractivity contribution in [3.05, 3.63) is 50.7 Å². The number of hydrogen-bond acceptors (Lipinski definition) is 3. The second-order valence-electron chi connectivity index (χ2n) is 3.99. The molecular formula is C13H11Cl3N2S. The maximum Gasteiger partial charge on any atom is 0.134 e. The molecule has 2 rings (SSSR count). The minimum atomic E-state index is 0.434. The molecule has 2 nitrogen and oxygen atoms in total. The number of aromatic nitrogens is 1. The van der Waals surface area contributed by atoms with Crippen molar-refractivity contribution in [2.75, 3.05) is 5.73 Å². The van der Waals surface area contributed by atoms with E-state index in [4.69, 9.17) is 40.5 Å². The van der Waals surface area contributed by atoms with Gasteiger partial charge in [-0.3, -0.25) is 0 Å². The summed E-state index contributed by atoms with van der Waals surface area (Å²) in [6, 6.07) is 7.21. The maximum absolute atomic E-state index is 6.18. The van der Waals surface area contributed by atoms with Crippen LogP contribution in [0, 0.1) is 6.92 Å². The number of thioether (sulfide) groups is 1. The van der Waals surface area contributed by atoms with Crippen LogP contribution < -0.4 is 5.73 Å². The Labute approximate surface area is 131 Å². The van der Waals surface area contributed by atoms with Gasteiger partial charge in [0.25, 0.3) is 0 Å². The molecule has 0 aliphatic heterocycles. The highest BCUT2D eigenvalue weighted by atomic mass is 35.5. The molecule has 0 bridgehead atoms. The topological polar surface area (TPSA) is 38.9 Å². The SMILES string of the molecule is Cc1cc(Cl)c(CSc2ccc(N)cc2Cl)c(Cl)n1. The highest BCUT2D eigenvalue weighted by Gasteiger charge is 2.10. The van der Waals surface area contributed by atoms with Gasteiger partial charge in [-0.15, -0.1) is 11.8 Å².